The van der Waals surface area contributed by atoms with Crippen LogP contribution in [0.25, 0.3) is 6.08 Å². The summed E-state index contributed by atoms with van der Waals surface area (Å²) in [6.45, 7) is 3.74. The minimum absolute atomic E-state index is 0.163. The van der Waals surface area contributed by atoms with Crippen LogP contribution in [0.15, 0.2) is 60.0 Å². The van der Waals surface area contributed by atoms with E-state index in [1.54, 1.807) is 41.7 Å². The SMILES string of the molecule is CC(=O)Nc1ccc(OC(=O)/C=C/c2ccccc2OCc2csc(C)n2)cc1. The van der Waals surface area contributed by atoms with Crippen LogP contribution in [0.2, 0.25) is 0 Å². The van der Waals surface area contributed by atoms with Gasteiger partial charge in [-0.1, -0.05) is 18.2 Å². The summed E-state index contributed by atoms with van der Waals surface area (Å²) < 4.78 is 11.1. The quantitative estimate of drug-likeness (QED) is 0.351. The second-order valence-electron chi connectivity index (χ2n) is 6.14. The minimum atomic E-state index is -0.512. The maximum atomic E-state index is 12.1. The van der Waals surface area contributed by atoms with Crippen LogP contribution in [-0.4, -0.2) is 16.9 Å². The predicted molar refractivity (Wildman–Crippen MR) is 113 cm³/mol. The lowest BCUT2D eigenvalue weighted by atomic mass is 10.2. The molecule has 3 aromatic rings. The van der Waals surface area contributed by atoms with Gasteiger partial charge in [0.25, 0.3) is 0 Å². The van der Waals surface area contributed by atoms with E-state index in [0.717, 1.165) is 16.3 Å². The van der Waals surface area contributed by atoms with E-state index in [9.17, 15) is 9.59 Å². The van der Waals surface area contributed by atoms with E-state index in [-0.39, 0.29) is 5.91 Å². The number of anilines is 1. The molecule has 6 nitrogen and oxygen atoms in total. The molecule has 3 rings (SSSR count). The molecule has 0 aliphatic carbocycles. The Morgan fingerprint density at radius 1 is 1.14 bits per heavy atom. The summed E-state index contributed by atoms with van der Waals surface area (Å²) in [6.07, 6.45) is 2.99. The molecule has 148 valence electrons. The van der Waals surface area contributed by atoms with Gasteiger partial charge in [0.1, 0.15) is 18.1 Å². The zero-order chi connectivity index (χ0) is 20.6. The number of rotatable bonds is 7. The van der Waals surface area contributed by atoms with Crippen molar-refractivity contribution in [3.05, 3.63) is 76.3 Å². The van der Waals surface area contributed by atoms with Gasteiger partial charge in [0.2, 0.25) is 5.91 Å². The first-order chi connectivity index (χ1) is 14.0. The Morgan fingerprint density at radius 3 is 2.59 bits per heavy atom. The van der Waals surface area contributed by atoms with Gasteiger partial charge in [0.15, 0.2) is 0 Å². The second kappa shape index (κ2) is 9.66. The third-order valence-electron chi connectivity index (χ3n) is 3.75. The van der Waals surface area contributed by atoms with E-state index >= 15 is 0 Å². The normalized spacial score (nSPS) is 10.7. The molecule has 0 unspecified atom stereocenters. The molecule has 0 aliphatic heterocycles. The van der Waals surface area contributed by atoms with Gasteiger partial charge in [-0.15, -0.1) is 11.3 Å². The summed E-state index contributed by atoms with van der Waals surface area (Å²) in [5, 5.41) is 5.60. The average molecular weight is 408 g/mol. The van der Waals surface area contributed by atoms with Gasteiger partial charge in [-0.05, 0) is 43.3 Å². The van der Waals surface area contributed by atoms with Crippen LogP contribution < -0.4 is 14.8 Å². The van der Waals surface area contributed by atoms with Crippen molar-refractivity contribution in [1.82, 2.24) is 4.98 Å². The maximum Gasteiger partial charge on any atom is 0.336 e. The van der Waals surface area contributed by atoms with Crippen LogP contribution in [0.3, 0.4) is 0 Å². The van der Waals surface area contributed by atoms with Crippen molar-refractivity contribution in [1.29, 1.82) is 0 Å². The molecule has 0 saturated carbocycles. The molecule has 0 saturated heterocycles. The van der Waals surface area contributed by atoms with Crippen molar-refractivity contribution < 1.29 is 19.1 Å². The Bertz CT molecular complexity index is 1030. The third kappa shape index (κ3) is 6.29. The molecule has 2 aromatic carbocycles. The monoisotopic (exact) mass is 408 g/mol. The molecule has 1 heterocycles. The highest BCUT2D eigenvalue weighted by atomic mass is 32.1. The molecule has 0 aliphatic rings. The number of carbonyl (C=O) groups is 2. The lowest BCUT2D eigenvalue weighted by Crippen LogP contribution is -2.06. The molecule has 1 aromatic heterocycles. The number of nitrogens with one attached hydrogen (secondary N) is 1. The zero-order valence-electron chi connectivity index (χ0n) is 16.0. The van der Waals surface area contributed by atoms with Crippen molar-refractivity contribution in [3.63, 3.8) is 0 Å². The van der Waals surface area contributed by atoms with Crippen LogP contribution in [0, 0.1) is 6.92 Å². The van der Waals surface area contributed by atoms with E-state index in [0.29, 0.717) is 23.8 Å². The van der Waals surface area contributed by atoms with Crippen LogP contribution >= 0.6 is 11.3 Å². The number of hydrogen-bond acceptors (Lipinski definition) is 6. The topological polar surface area (TPSA) is 77.5 Å². The second-order valence-corrected chi connectivity index (χ2v) is 7.21. The van der Waals surface area contributed by atoms with Gasteiger partial charge in [-0.2, -0.15) is 0 Å². The number of aromatic nitrogens is 1. The average Bonchev–Trinajstić information content (AvgIpc) is 3.12. The molecule has 1 N–H and O–H groups in total. The Kier molecular flexibility index (Phi) is 6.76. The lowest BCUT2D eigenvalue weighted by Gasteiger charge is -2.08. The van der Waals surface area contributed by atoms with Crippen LogP contribution in [0.1, 0.15) is 23.2 Å². The molecule has 1 amide bonds. The van der Waals surface area contributed by atoms with Gasteiger partial charge < -0.3 is 14.8 Å². The van der Waals surface area contributed by atoms with E-state index in [1.807, 2.05) is 36.6 Å². The third-order valence-corrected chi connectivity index (χ3v) is 4.58. The number of nitrogens with zero attached hydrogens (tertiary/aromatic N) is 1. The van der Waals surface area contributed by atoms with Gasteiger partial charge in [-0.3, -0.25) is 4.79 Å². The fraction of sp³-hybridized carbons (Fsp3) is 0.136. The summed E-state index contributed by atoms with van der Waals surface area (Å²) >= 11 is 1.58. The fourth-order valence-corrected chi connectivity index (χ4v) is 3.09. The summed E-state index contributed by atoms with van der Waals surface area (Å²) in [5.74, 6) is 0.365. The van der Waals surface area contributed by atoms with Crippen molar-refractivity contribution in [2.24, 2.45) is 0 Å². The highest BCUT2D eigenvalue weighted by molar-refractivity contribution is 7.09. The summed E-state index contributed by atoms with van der Waals surface area (Å²) in [7, 11) is 0. The number of esters is 1. The molecule has 0 atom stereocenters. The first-order valence-corrected chi connectivity index (χ1v) is 9.78. The van der Waals surface area contributed by atoms with Crippen LogP contribution in [0.5, 0.6) is 11.5 Å². The molecule has 29 heavy (non-hydrogen) atoms. The van der Waals surface area contributed by atoms with E-state index in [1.165, 1.54) is 13.0 Å². The molecule has 0 spiro atoms. The molecule has 7 heteroatoms. The Balaban J connectivity index is 1.60. The summed E-state index contributed by atoms with van der Waals surface area (Å²) in [6, 6.07) is 14.0. The maximum absolute atomic E-state index is 12.1. The number of thiazole rings is 1. The van der Waals surface area contributed by atoms with Crippen molar-refractivity contribution >= 4 is 35.0 Å². The van der Waals surface area contributed by atoms with Crippen molar-refractivity contribution in [3.8, 4) is 11.5 Å². The number of aryl methyl sites for hydroxylation is 1. The molecular weight excluding hydrogens is 388 g/mol. The molecule has 0 fully saturated rings. The zero-order valence-corrected chi connectivity index (χ0v) is 16.9. The van der Waals surface area contributed by atoms with Gasteiger partial charge in [-0.25, -0.2) is 9.78 Å². The number of carbonyl (C=O) groups excluding carboxylic acids is 2. The Hall–Kier alpha value is -3.45. The lowest BCUT2D eigenvalue weighted by molar-refractivity contribution is -0.128. The van der Waals surface area contributed by atoms with E-state index in [4.69, 9.17) is 9.47 Å². The van der Waals surface area contributed by atoms with E-state index in [2.05, 4.69) is 10.3 Å². The Morgan fingerprint density at radius 2 is 1.90 bits per heavy atom. The number of hydrogen-bond donors (Lipinski definition) is 1. The standard InChI is InChI=1S/C22H20N2O4S/c1-15(25)23-18-8-10-20(11-9-18)28-22(26)12-7-17-5-3-4-6-21(17)27-13-19-14-29-16(2)24-19/h3-12,14H,13H2,1-2H3,(H,23,25)/b12-7+. The highest BCUT2D eigenvalue weighted by Gasteiger charge is 2.05. The van der Waals surface area contributed by atoms with Crippen LogP contribution in [-0.2, 0) is 16.2 Å². The summed E-state index contributed by atoms with van der Waals surface area (Å²) in [5.41, 5.74) is 2.26. The predicted octanol–water partition coefficient (Wildman–Crippen LogP) is 4.61. The number of para-hydroxylation sites is 1. The van der Waals surface area contributed by atoms with Crippen molar-refractivity contribution in [2.45, 2.75) is 20.5 Å². The summed E-state index contributed by atoms with van der Waals surface area (Å²) in [4.78, 5) is 27.5. The minimum Gasteiger partial charge on any atom is -0.487 e. The number of benzene rings is 2. The van der Waals surface area contributed by atoms with Crippen LogP contribution in [0.4, 0.5) is 5.69 Å². The fourth-order valence-electron chi connectivity index (χ4n) is 2.49. The smallest absolute Gasteiger partial charge is 0.336 e. The molecule has 0 bridgehead atoms. The molecular formula is C22H20N2O4S. The van der Waals surface area contributed by atoms with Gasteiger partial charge in [0, 0.05) is 29.6 Å². The van der Waals surface area contributed by atoms with Crippen molar-refractivity contribution in [2.75, 3.05) is 5.32 Å². The highest BCUT2D eigenvalue weighted by Crippen LogP contribution is 2.22. The first-order valence-electron chi connectivity index (χ1n) is 8.90. The van der Waals surface area contributed by atoms with E-state index < -0.39 is 5.97 Å². The molecule has 0 radical (unpaired) electrons. The van der Waals surface area contributed by atoms with Gasteiger partial charge in [0.05, 0.1) is 10.7 Å². The van der Waals surface area contributed by atoms with Gasteiger partial charge >= 0.3 is 5.97 Å². The number of amides is 1. The first kappa shape index (κ1) is 20.3. The largest absolute Gasteiger partial charge is 0.487 e. The Labute approximate surface area is 172 Å². The number of ether oxygens (including phenoxy) is 2.